The van der Waals surface area contributed by atoms with E-state index in [-0.39, 0.29) is 5.91 Å². The van der Waals surface area contributed by atoms with Crippen molar-refractivity contribution in [3.8, 4) is 0 Å². The van der Waals surface area contributed by atoms with E-state index < -0.39 is 0 Å². The maximum absolute atomic E-state index is 12.4. The molecule has 0 spiro atoms. The third-order valence-electron chi connectivity index (χ3n) is 5.07. The van der Waals surface area contributed by atoms with Crippen molar-refractivity contribution in [2.75, 3.05) is 30.3 Å². The number of hydrogen-bond donors (Lipinski definition) is 2. The molecular weight excluding hydrogens is 396 g/mol. The first-order valence-corrected chi connectivity index (χ1v) is 11.0. The summed E-state index contributed by atoms with van der Waals surface area (Å²) in [7, 11) is 0. The molecule has 0 unspecified atom stereocenters. The van der Waals surface area contributed by atoms with Gasteiger partial charge in [-0.2, -0.15) is 0 Å². The van der Waals surface area contributed by atoms with E-state index in [9.17, 15) is 4.79 Å². The topological polar surface area (TPSA) is 83.0 Å². The number of likely N-dealkylation sites (tertiary alicyclic amines) is 1. The van der Waals surface area contributed by atoms with E-state index in [1.165, 1.54) is 11.3 Å². The Morgan fingerprint density at radius 3 is 2.93 bits per heavy atom. The third-order valence-corrected chi connectivity index (χ3v) is 5.90. The lowest BCUT2D eigenvalue weighted by Crippen LogP contribution is -2.40. The van der Waals surface area contributed by atoms with Gasteiger partial charge >= 0.3 is 0 Å². The largest absolute Gasteiger partial charge is 0.340 e. The molecule has 1 saturated heterocycles. The van der Waals surface area contributed by atoms with E-state index >= 15 is 0 Å². The minimum atomic E-state index is -0.0142. The van der Waals surface area contributed by atoms with Crippen LogP contribution in [0.2, 0.25) is 0 Å². The standard InChI is InChI=1S/C22H26N6OS/c1-15-10-18(26-20-7-3-4-8-23-20)11-19(25-15)17-6-5-9-28(13-17)14-21(29)27-22-24-12-16(2)30-22/h3-4,7-8,10-12,17H,5-6,9,13-14H2,1-2H3,(H,23,25,26)(H,24,27,29)/t17-/m1/s1. The molecule has 30 heavy (non-hydrogen) atoms. The number of anilines is 3. The summed E-state index contributed by atoms with van der Waals surface area (Å²) in [5, 5.41) is 6.93. The van der Waals surface area contributed by atoms with Gasteiger partial charge in [0.25, 0.3) is 0 Å². The van der Waals surface area contributed by atoms with Gasteiger partial charge in [0.1, 0.15) is 5.82 Å². The molecule has 1 atom stereocenters. The van der Waals surface area contributed by atoms with Crippen LogP contribution in [-0.4, -0.2) is 45.4 Å². The highest BCUT2D eigenvalue weighted by atomic mass is 32.1. The molecule has 0 saturated carbocycles. The number of thiazole rings is 1. The molecule has 0 aromatic carbocycles. The number of pyridine rings is 2. The number of aryl methyl sites for hydroxylation is 2. The summed E-state index contributed by atoms with van der Waals surface area (Å²) in [6.07, 6.45) is 5.67. The second-order valence-corrected chi connectivity index (χ2v) is 8.90. The lowest BCUT2D eigenvalue weighted by atomic mass is 9.93. The fourth-order valence-electron chi connectivity index (χ4n) is 3.78. The molecule has 3 aromatic rings. The molecule has 1 aliphatic heterocycles. The summed E-state index contributed by atoms with van der Waals surface area (Å²) in [6, 6.07) is 9.94. The second-order valence-electron chi connectivity index (χ2n) is 7.66. The van der Waals surface area contributed by atoms with Crippen molar-refractivity contribution >= 4 is 33.9 Å². The van der Waals surface area contributed by atoms with Gasteiger partial charge in [-0.05, 0) is 57.5 Å². The summed E-state index contributed by atoms with van der Waals surface area (Å²) < 4.78 is 0. The molecule has 0 bridgehead atoms. The highest BCUT2D eigenvalue weighted by Crippen LogP contribution is 2.28. The molecule has 1 amide bonds. The fraction of sp³-hybridized carbons (Fsp3) is 0.364. The normalized spacial score (nSPS) is 16.9. The van der Waals surface area contributed by atoms with Crippen molar-refractivity contribution in [3.05, 3.63) is 59.0 Å². The van der Waals surface area contributed by atoms with Gasteiger partial charge in [0.05, 0.1) is 6.54 Å². The predicted molar refractivity (Wildman–Crippen MR) is 120 cm³/mol. The van der Waals surface area contributed by atoms with Gasteiger partial charge in [-0.1, -0.05) is 6.07 Å². The molecular formula is C22H26N6OS. The zero-order valence-electron chi connectivity index (χ0n) is 17.3. The van der Waals surface area contributed by atoms with Crippen molar-refractivity contribution in [1.29, 1.82) is 0 Å². The smallest absolute Gasteiger partial charge is 0.240 e. The summed E-state index contributed by atoms with van der Waals surface area (Å²) in [6.45, 7) is 6.11. The van der Waals surface area contributed by atoms with Gasteiger partial charge in [0.15, 0.2) is 5.13 Å². The summed E-state index contributed by atoms with van der Waals surface area (Å²) in [5.41, 5.74) is 3.03. The van der Waals surface area contributed by atoms with Crippen LogP contribution >= 0.6 is 11.3 Å². The SMILES string of the molecule is Cc1cc(Nc2ccccn2)cc([C@@H]2CCCN(CC(=O)Nc3ncc(C)s3)C2)n1. The molecule has 1 aliphatic rings. The zero-order valence-corrected chi connectivity index (χ0v) is 18.1. The number of nitrogens with one attached hydrogen (secondary N) is 2. The van der Waals surface area contributed by atoms with Crippen LogP contribution in [0.5, 0.6) is 0 Å². The molecule has 3 aromatic heterocycles. The van der Waals surface area contributed by atoms with Gasteiger partial charge < -0.3 is 10.6 Å². The molecule has 4 heterocycles. The average molecular weight is 423 g/mol. The van der Waals surface area contributed by atoms with Crippen molar-refractivity contribution in [2.45, 2.75) is 32.6 Å². The van der Waals surface area contributed by atoms with Crippen LogP contribution in [-0.2, 0) is 4.79 Å². The Kier molecular flexibility index (Phi) is 6.35. The van der Waals surface area contributed by atoms with E-state index in [2.05, 4.69) is 31.6 Å². The molecule has 156 valence electrons. The Morgan fingerprint density at radius 2 is 2.17 bits per heavy atom. The molecule has 0 aliphatic carbocycles. The molecule has 8 heteroatoms. The maximum Gasteiger partial charge on any atom is 0.240 e. The number of piperidine rings is 1. The Morgan fingerprint density at radius 1 is 1.27 bits per heavy atom. The summed E-state index contributed by atoms with van der Waals surface area (Å²) in [5.74, 6) is 1.10. The van der Waals surface area contributed by atoms with E-state index in [4.69, 9.17) is 4.98 Å². The van der Waals surface area contributed by atoms with Crippen LogP contribution in [0, 0.1) is 13.8 Å². The first-order valence-electron chi connectivity index (χ1n) is 10.2. The summed E-state index contributed by atoms with van der Waals surface area (Å²) in [4.78, 5) is 29.1. The van der Waals surface area contributed by atoms with Crippen molar-refractivity contribution in [2.24, 2.45) is 0 Å². The van der Waals surface area contributed by atoms with Crippen LogP contribution in [0.15, 0.2) is 42.7 Å². The summed E-state index contributed by atoms with van der Waals surface area (Å²) >= 11 is 1.50. The Balaban J connectivity index is 1.40. The van der Waals surface area contributed by atoms with Gasteiger partial charge in [-0.25, -0.2) is 9.97 Å². The number of hydrogen-bond acceptors (Lipinski definition) is 7. The number of aromatic nitrogens is 3. The monoisotopic (exact) mass is 422 g/mol. The Labute approximate surface area is 180 Å². The van der Waals surface area contributed by atoms with E-state index in [1.54, 1.807) is 12.4 Å². The van der Waals surface area contributed by atoms with Gasteiger partial charge in [-0.3, -0.25) is 14.7 Å². The number of nitrogens with zero attached hydrogens (tertiary/aromatic N) is 4. The quantitative estimate of drug-likeness (QED) is 0.622. The van der Waals surface area contributed by atoms with E-state index in [1.807, 2.05) is 38.1 Å². The molecule has 1 fully saturated rings. The number of amides is 1. The van der Waals surface area contributed by atoms with Crippen LogP contribution in [0.25, 0.3) is 0 Å². The van der Waals surface area contributed by atoms with Gasteiger partial charge in [0, 0.05) is 46.8 Å². The van der Waals surface area contributed by atoms with Crippen molar-refractivity contribution in [1.82, 2.24) is 19.9 Å². The van der Waals surface area contributed by atoms with E-state index in [0.29, 0.717) is 17.6 Å². The van der Waals surface area contributed by atoms with Gasteiger partial charge in [-0.15, -0.1) is 11.3 Å². The van der Waals surface area contributed by atoms with E-state index in [0.717, 1.165) is 53.7 Å². The predicted octanol–water partition coefficient (Wildman–Crippen LogP) is 4.11. The Hall–Kier alpha value is -2.84. The number of carbonyl (C=O) groups excluding carboxylic acids is 1. The van der Waals surface area contributed by atoms with Crippen LogP contribution < -0.4 is 10.6 Å². The van der Waals surface area contributed by atoms with Crippen LogP contribution in [0.3, 0.4) is 0 Å². The first kappa shape index (κ1) is 20.4. The lowest BCUT2D eigenvalue weighted by Gasteiger charge is -2.32. The minimum absolute atomic E-state index is 0.0142. The van der Waals surface area contributed by atoms with Crippen molar-refractivity contribution in [3.63, 3.8) is 0 Å². The average Bonchev–Trinajstić information content (AvgIpc) is 3.13. The van der Waals surface area contributed by atoms with Crippen molar-refractivity contribution < 1.29 is 4.79 Å². The molecule has 2 N–H and O–H groups in total. The molecule has 4 rings (SSSR count). The van der Waals surface area contributed by atoms with Crippen LogP contribution in [0.1, 0.15) is 35.0 Å². The lowest BCUT2D eigenvalue weighted by molar-refractivity contribution is -0.117. The third kappa shape index (κ3) is 5.40. The zero-order chi connectivity index (χ0) is 20.9. The molecule has 0 radical (unpaired) electrons. The second kappa shape index (κ2) is 9.32. The highest BCUT2D eigenvalue weighted by Gasteiger charge is 2.24. The fourth-order valence-corrected chi connectivity index (χ4v) is 4.46. The highest BCUT2D eigenvalue weighted by molar-refractivity contribution is 7.15. The number of carbonyl (C=O) groups is 1. The molecule has 7 nitrogen and oxygen atoms in total. The van der Waals surface area contributed by atoms with Gasteiger partial charge in [0.2, 0.25) is 5.91 Å². The number of rotatable bonds is 6. The first-order chi connectivity index (χ1) is 14.5. The Bertz CT molecular complexity index is 1010. The van der Waals surface area contributed by atoms with Crippen LogP contribution in [0.4, 0.5) is 16.6 Å². The maximum atomic E-state index is 12.4. The minimum Gasteiger partial charge on any atom is -0.340 e.